The van der Waals surface area contributed by atoms with Gasteiger partial charge < -0.3 is 25.7 Å². The minimum Gasteiger partial charge on any atom is -0.396 e. The number of carbonyl (C=O) groups is 1. The monoisotopic (exact) mass is 701 g/mol. The van der Waals surface area contributed by atoms with Crippen LogP contribution in [0.5, 0.6) is 0 Å². The van der Waals surface area contributed by atoms with Gasteiger partial charge in [-0.2, -0.15) is 0 Å². The smallest absolute Gasteiger partial charge is 0.145 e. The van der Waals surface area contributed by atoms with Crippen molar-refractivity contribution in [2.24, 2.45) is 23.2 Å². The molecule has 6 rings (SSSR count). The van der Waals surface area contributed by atoms with Crippen LogP contribution in [0.3, 0.4) is 0 Å². The molecule has 1 aromatic carbocycles. The van der Waals surface area contributed by atoms with E-state index in [1.165, 1.54) is 16.7 Å². The molecule has 8 nitrogen and oxygen atoms in total. The highest BCUT2D eigenvalue weighted by Crippen LogP contribution is 2.63. The van der Waals surface area contributed by atoms with Gasteiger partial charge in [0.2, 0.25) is 0 Å². The minimum absolute atomic E-state index is 0.000804. The summed E-state index contributed by atoms with van der Waals surface area (Å²) in [6, 6.07) is 9.33. The van der Waals surface area contributed by atoms with E-state index >= 15 is 0 Å². The maximum absolute atomic E-state index is 12.5. The molecule has 0 amide bonds. The van der Waals surface area contributed by atoms with E-state index in [1.54, 1.807) is 0 Å². The van der Waals surface area contributed by atoms with Crippen LogP contribution in [0.25, 0.3) is 0 Å². The Morgan fingerprint density at radius 1 is 1.22 bits per heavy atom. The largest absolute Gasteiger partial charge is 0.396 e. The summed E-state index contributed by atoms with van der Waals surface area (Å²) in [4.78, 5) is 12.0. The average molecular weight is 702 g/mol. The summed E-state index contributed by atoms with van der Waals surface area (Å²) in [5, 5.41) is 56.0. The topological polar surface area (TPSA) is 134 Å². The molecule has 1 spiro atoms. The quantitative estimate of drug-likeness (QED) is 0.0701. The third kappa shape index (κ3) is 8.13. The van der Waals surface area contributed by atoms with Crippen LogP contribution in [0, 0.1) is 23.2 Å². The van der Waals surface area contributed by atoms with Gasteiger partial charge in [-0.1, -0.05) is 66.3 Å². The van der Waals surface area contributed by atoms with E-state index in [1.807, 2.05) is 32.2 Å². The summed E-state index contributed by atoms with van der Waals surface area (Å²) < 4.78 is 0. The number of carbonyl (C=O) groups excluding carboxylic acids is 1. The molecule has 0 aromatic heterocycles. The Bertz CT molecular complexity index is 1510. The third-order valence-corrected chi connectivity index (χ3v) is 13.0. The minimum atomic E-state index is -1.17. The molecule has 0 unspecified atom stereocenters. The van der Waals surface area contributed by atoms with Gasteiger partial charge in [0.15, 0.2) is 0 Å². The van der Waals surface area contributed by atoms with E-state index in [0.717, 1.165) is 42.4 Å². The number of aliphatic hydroxyl groups excluding tert-OH is 3. The van der Waals surface area contributed by atoms with Gasteiger partial charge in [0, 0.05) is 36.4 Å². The van der Waals surface area contributed by atoms with Crippen LogP contribution in [0.4, 0.5) is 0 Å². The highest BCUT2D eigenvalue weighted by atomic mass is 16.3. The number of rotatable bonds is 12. The zero-order valence-corrected chi connectivity index (χ0v) is 31.3. The average Bonchev–Trinajstić information content (AvgIpc) is 3.47. The second kappa shape index (κ2) is 17.4. The van der Waals surface area contributed by atoms with E-state index in [-0.39, 0.29) is 37.1 Å². The van der Waals surface area contributed by atoms with Crippen molar-refractivity contribution in [1.29, 1.82) is 0 Å². The Morgan fingerprint density at radius 2 is 2.02 bits per heavy atom. The molecule has 2 aliphatic carbocycles. The predicted molar refractivity (Wildman–Crippen MR) is 205 cm³/mol. The van der Waals surface area contributed by atoms with Crippen molar-refractivity contribution in [3.05, 3.63) is 94.1 Å². The maximum atomic E-state index is 12.5. The van der Waals surface area contributed by atoms with E-state index in [4.69, 9.17) is 0 Å². The van der Waals surface area contributed by atoms with Crippen LogP contribution in [-0.4, -0.2) is 84.0 Å². The predicted octanol–water partition coefficient (Wildman–Crippen LogP) is 5.01. The lowest BCUT2D eigenvalue weighted by Crippen LogP contribution is -2.61. The number of hydrogen-bond acceptors (Lipinski definition) is 8. The number of aldehydes is 1. The SMILES string of the molecule is C=C(/C=C/C=C(/CO)[C@@H]1CC[C@]2([C@@H]1O)[C@@H](CCCO)/C(=C(/C)C=O)CC[C@]2(O)CCNC)[C@@H]1C/C=C(\C)[C@@H]2NC[C@H](c3cccc(c3)C1)[C@H](C)N2. The first-order valence-corrected chi connectivity index (χ1v) is 19.3. The molecule has 5 aliphatic rings. The molecular formula is C43H63N3O5. The summed E-state index contributed by atoms with van der Waals surface area (Å²) in [5.41, 5.74) is 5.24. The van der Waals surface area contributed by atoms with Crippen LogP contribution in [0.1, 0.15) is 89.2 Å². The van der Waals surface area contributed by atoms with Gasteiger partial charge in [-0.15, -0.1) is 0 Å². The molecule has 3 heterocycles. The third-order valence-electron chi connectivity index (χ3n) is 13.0. The van der Waals surface area contributed by atoms with Crippen LogP contribution < -0.4 is 16.0 Å². The summed E-state index contributed by atoms with van der Waals surface area (Å²) in [7, 11) is 1.86. The van der Waals surface area contributed by atoms with Crippen molar-refractivity contribution in [2.45, 2.75) is 108 Å². The molecule has 280 valence electrons. The van der Waals surface area contributed by atoms with Gasteiger partial charge in [-0.25, -0.2) is 0 Å². The Labute approximate surface area is 305 Å². The van der Waals surface area contributed by atoms with Gasteiger partial charge in [0.1, 0.15) is 6.29 Å². The summed E-state index contributed by atoms with van der Waals surface area (Å²) in [5.74, 6) is -0.0117. The first-order chi connectivity index (χ1) is 24.5. The van der Waals surface area contributed by atoms with Crippen LogP contribution in [0.15, 0.2) is 83.0 Å². The molecule has 3 fully saturated rings. The van der Waals surface area contributed by atoms with Gasteiger partial charge in [0.05, 0.1) is 24.5 Å². The van der Waals surface area contributed by atoms with Crippen molar-refractivity contribution >= 4 is 6.29 Å². The Hall–Kier alpha value is -2.69. The highest BCUT2D eigenvalue weighted by molar-refractivity contribution is 5.74. The lowest BCUT2D eigenvalue weighted by Gasteiger charge is -2.57. The van der Waals surface area contributed by atoms with Gasteiger partial charge in [-0.05, 0) is 132 Å². The first kappa shape index (κ1) is 39.5. The second-order valence-electron chi connectivity index (χ2n) is 15.8. The van der Waals surface area contributed by atoms with Crippen molar-refractivity contribution < 1.29 is 25.2 Å². The highest BCUT2D eigenvalue weighted by Gasteiger charge is 2.65. The normalized spacial score (nSPS) is 36.4. The van der Waals surface area contributed by atoms with Crippen molar-refractivity contribution in [3.8, 4) is 0 Å². The fourth-order valence-electron chi connectivity index (χ4n) is 10.0. The lowest BCUT2D eigenvalue weighted by molar-refractivity contribution is -0.180. The summed E-state index contributed by atoms with van der Waals surface area (Å²) in [6.07, 6.45) is 13.9. The number of nitrogens with one attached hydrogen (secondary N) is 3. The molecule has 3 aliphatic heterocycles. The molecule has 7 N–H and O–H groups in total. The standard InChI is InChI=1S/C43H63N3O5/c1-28(33-15-14-29(2)41-45-25-38(31(4)46-41)34-11-7-10-32(23-33)24-34)9-6-12-35(27-49)37-17-19-43(40(37)50)39(13-8-22-47)36(30(3)26-48)16-18-42(43,51)20-21-44-5/h6-7,9-12,14,24,26,31,33,37-41,44-47,49-51H,1,8,13,15-23,25,27H2,2-5H3/b9-6+,29-14+,35-12-,36-30-/t31-,33+,37-,38-,39-,40+,41+,42-,43+/m0/s1. The van der Waals surface area contributed by atoms with Gasteiger partial charge in [0.25, 0.3) is 0 Å². The number of benzene rings is 1. The second-order valence-corrected chi connectivity index (χ2v) is 15.8. The fourth-order valence-corrected chi connectivity index (χ4v) is 10.0. The maximum Gasteiger partial charge on any atom is 0.145 e. The Balaban J connectivity index is 1.41. The molecule has 1 aromatic rings. The van der Waals surface area contributed by atoms with E-state index in [2.05, 4.69) is 66.7 Å². The van der Waals surface area contributed by atoms with Crippen LogP contribution >= 0.6 is 0 Å². The fraction of sp³-hybridized carbons (Fsp3) is 0.605. The van der Waals surface area contributed by atoms with E-state index < -0.39 is 17.1 Å². The molecule has 8 heteroatoms. The Kier molecular flexibility index (Phi) is 13.5. The molecule has 9 atom stereocenters. The zero-order valence-electron chi connectivity index (χ0n) is 31.3. The molecule has 2 saturated carbocycles. The number of allylic oxidation sites excluding steroid dienone is 7. The lowest BCUT2D eigenvalue weighted by atomic mass is 9.51. The van der Waals surface area contributed by atoms with Gasteiger partial charge >= 0.3 is 0 Å². The zero-order chi connectivity index (χ0) is 36.8. The number of hydrogen-bond donors (Lipinski definition) is 7. The molecular weight excluding hydrogens is 638 g/mol. The van der Waals surface area contributed by atoms with Crippen LogP contribution in [0.2, 0.25) is 0 Å². The van der Waals surface area contributed by atoms with E-state index in [0.29, 0.717) is 69.0 Å². The molecule has 51 heavy (non-hydrogen) atoms. The van der Waals surface area contributed by atoms with Crippen LogP contribution in [-0.2, 0) is 11.2 Å². The van der Waals surface area contributed by atoms with Gasteiger partial charge in [-0.3, -0.25) is 15.4 Å². The van der Waals surface area contributed by atoms with Crippen molar-refractivity contribution in [2.75, 3.05) is 33.4 Å². The summed E-state index contributed by atoms with van der Waals surface area (Å²) in [6.45, 7) is 12.1. The molecule has 0 radical (unpaired) electrons. The van der Waals surface area contributed by atoms with Crippen molar-refractivity contribution in [3.63, 3.8) is 0 Å². The molecule has 1 saturated heterocycles. The van der Waals surface area contributed by atoms with Crippen molar-refractivity contribution in [1.82, 2.24) is 16.0 Å². The van der Waals surface area contributed by atoms with E-state index in [9.17, 15) is 25.2 Å². The Morgan fingerprint density at radius 3 is 2.73 bits per heavy atom. The first-order valence-electron chi connectivity index (χ1n) is 19.3. The summed E-state index contributed by atoms with van der Waals surface area (Å²) >= 11 is 0. The number of aliphatic hydroxyl groups is 4. The number of fused-ring (bicyclic) bond motifs is 5. The molecule has 4 bridgehead atoms.